The number of nitrogens with one attached hydrogen (secondary N) is 1. The average Bonchev–Trinajstić information content (AvgIpc) is 2.34. The smallest absolute Gasteiger partial charge is 0.0791 e. The van der Waals surface area contributed by atoms with E-state index in [0.29, 0.717) is 13.1 Å². The number of rotatable bonds is 10. The zero-order chi connectivity index (χ0) is 13.3. The van der Waals surface area contributed by atoms with Gasteiger partial charge in [0, 0.05) is 24.4 Å². The summed E-state index contributed by atoms with van der Waals surface area (Å²) in [5.74, 6) is 0. The van der Waals surface area contributed by atoms with E-state index in [4.69, 9.17) is 5.11 Å². The molecule has 0 aliphatic rings. The van der Waals surface area contributed by atoms with Crippen molar-refractivity contribution in [3.63, 3.8) is 0 Å². The van der Waals surface area contributed by atoms with E-state index >= 15 is 0 Å². The fourth-order valence-electron chi connectivity index (χ4n) is 1.73. The second-order valence-corrected chi connectivity index (χ2v) is 5.37. The van der Waals surface area contributed by atoms with E-state index < -0.39 is 0 Å². The Morgan fingerprint density at radius 1 is 1.29 bits per heavy atom. The van der Waals surface area contributed by atoms with E-state index in [1.807, 2.05) is 13.2 Å². The van der Waals surface area contributed by atoms with Gasteiger partial charge in [0.15, 0.2) is 0 Å². The maximum Gasteiger partial charge on any atom is 0.0791 e. The largest absolute Gasteiger partial charge is 0.395 e. The van der Waals surface area contributed by atoms with Crippen molar-refractivity contribution in [1.82, 2.24) is 10.2 Å². The van der Waals surface area contributed by atoms with Gasteiger partial charge in [-0.1, -0.05) is 13.8 Å². The van der Waals surface area contributed by atoms with Crippen LogP contribution in [0.15, 0.2) is 0 Å². The summed E-state index contributed by atoms with van der Waals surface area (Å²) < 4.78 is 0. The highest BCUT2D eigenvalue weighted by molar-refractivity contribution is 7.99. The van der Waals surface area contributed by atoms with Crippen molar-refractivity contribution in [2.75, 3.05) is 39.0 Å². The van der Waals surface area contributed by atoms with Crippen LogP contribution < -0.4 is 5.32 Å². The highest BCUT2D eigenvalue weighted by atomic mass is 32.2. The fourth-order valence-corrected chi connectivity index (χ4v) is 2.39. The van der Waals surface area contributed by atoms with Crippen LogP contribution in [-0.2, 0) is 0 Å². The predicted molar refractivity (Wildman–Crippen MR) is 75.6 cm³/mol. The molecule has 0 saturated heterocycles. The lowest BCUT2D eigenvalue weighted by atomic mass is 10.2. The quantitative estimate of drug-likeness (QED) is 0.533. The molecular weight excluding hydrogens is 236 g/mol. The van der Waals surface area contributed by atoms with Crippen LogP contribution in [0.3, 0.4) is 0 Å². The summed E-state index contributed by atoms with van der Waals surface area (Å²) in [5.41, 5.74) is 0. The van der Waals surface area contributed by atoms with Gasteiger partial charge in [0.2, 0.25) is 0 Å². The summed E-state index contributed by atoms with van der Waals surface area (Å²) >= 11 is 1.65. The lowest BCUT2D eigenvalue weighted by molar-refractivity contribution is 0.113. The van der Waals surface area contributed by atoms with E-state index in [2.05, 4.69) is 24.1 Å². The topological polar surface area (TPSA) is 55.7 Å². The van der Waals surface area contributed by atoms with Crippen molar-refractivity contribution in [3.8, 4) is 0 Å². The Morgan fingerprint density at radius 3 is 2.29 bits per heavy atom. The number of likely N-dealkylation sites (N-methyl/N-ethyl adjacent to an activating group) is 1. The molecule has 0 spiro atoms. The molecule has 0 radical (unpaired) electrons. The summed E-state index contributed by atoms with van der Waals surface area (Å²) in [7, 11) is 0. The number of nitrogens with zero attached hydrogens (tertiary/aromatic N) is 1. The van der Waals surface area contributed by atoms with Gasteiger partial charge in [0.1, 0.15) is 0 Å². The second-order valence-electron chi connectivity index (χ2n) is 4.29. The average molecular weight is 264 g/mol. The summed E-state index contributed by atoms with van der Waals surface area (Å²) in [4.78, 5) is 2.20. The summed E-state index contributed by atoms with van der Waals surface area (Å²) in [6, 6.07) is 0.210. The summed E-state index contributed by atoms with van der Waals surface area (Å²) in [5, 5.41) is 22.5. The lowest BCUT2D eigenvalue weighted by Gasteiger charge is -2.25. The second kappa shape index (κ2) is 10.1. The van der Waals surface area contributed by atoms with Crippen molar-refractivity contribution in [1.29, 1.82) is 0 Å². The highest BCUT2D eigenvalue weighted by Gasteiger charge is 2.16. The van der Waals surface area contributed by atoms with Crippen molar-refractivity contribution < 1.29 is 10.2 Å². The first-order chi connectivity index (χ1) is 8.08. The van der Waals surface area contributed by atoms with Crippen LogP contribution in [0.25, 0.3) is 0 Å². The predicted octanol–water partition coefficient (Wildman–Crippen LogP) is 0.391. The molecule has 0 rings (SSSR count). The molecule has 3 N–H and O–H groups in total. The fraction of sp³-hybridized carbons (Fsp3) is 1.00. The molecule has 0 saturated carbocycles. The molecule has 0 heterocycles. The molecule has 17 heavy (non-hydrogen) atoms. The minimum absolute atomic E-state index is 0.168. The molecule has 0 fully saturated rings. The maximum atomic E-state index is 9.88. The molecule has 3 atom stereocenters. The van der Waals surface area contributed by atoms with Crippen LogP contribution in [0.1, 0.15) is 20.8 Å². The number of thioether (sulfide) groups is 1. The van der Waals surface area contributed by atoms with E-state index in [0.717, 1.165) is 13.1 Å². The van der Waals surface area contributed by atoms with E-state index in [1.165, 1.54) is 0 Å². The van der Waals surface area contributed by atoms with Crippen LogP contribution in [0.4, 0.5) is 0 Å². The van der Waals surface area contributed by atoms with Crippen molar-refractivity contribution >= 4 is 11.8 Å². The van der Waals surface area contributed by atoms with Gasteiger partial charge in [-0.25, -0.2) is 0 Å². The van der Waals surface area contributed by atoms with E-state index in [1.54, 1.807) is 11.8 Å². The third-order valence-electron chi connectivity index (χ3n) is 3.08. The zero-order valence-electron chi connectivity index (χ0n) is 11.5. The van der Waals surface area contributed by atoms with Gasteiger partial charge in [-0.3, -0.25) is 0 Å². The Balaban J connectivity index is 3.85. The molecule has 0 aromatic rings. The van der Waals surface area contributed by atoms with Gasteiger partial charge in [-0.15, -0.1) is 0 Å². The Morgan fingerprint density at radius 2 is 1.88 bits per heavy atom. The van der Waals surface area contributed by atoms with Crippen LogP contribution in [0.5, 0.6) is 0 Å². The van der Waals surface area contributed by atoms with E-state index in [-0.39, 0.29) is 24.0 Å². The molecule has 5 heteroatoms. The number of aliphatic hydroxyl groups excluding tert-OH is 2. The molecule has 0 aliphatic heterocycles. The first-order valence-electron chi connectivity index (χ1n) is 6.36. The van der Waals surface area contributed by atoms with Gasteiger partial charge < -0.3 is 20.4 Å². The van der Waals surface area contributed by atoms with Gasteiger partial charge >= 0.3 is 0 Å². The van der Waals surface area contributed by atoms with Crippen molar-refractivity contribution in [3.05, 3.63) is 0 Å². The van der Waals surface area contributed by atoms with Gasteiger partial charge in [0.05, 0.1) is 12.7 Å². The van der Waals surface area contributed by atoms with Crippen molar-refractivity contribution in [2.24, 2.45) is 0 Å². The normalized spacial score (nSPS) is 17.1. The highest BCUT2D eigenvalue weighted by Crippen LogP contribution is 2.10. The minimum Gasteiger partial charge on any atom is -0.395 e. The van der Waals surface area contributed by atoms with Crippen LogP contribution >= 0.6 is 11.8 Å². The van der Waals surface area contributed by atoms with Crippen LogP contribution in [-0.4, -0.2) is 71.6 Å². The third kappa shape index (κ3) is 7.26. The Hall–Kier alpha value is 0.190. The Kier molecular flexibility index (Phi) is 10.3. The molecule has 0 bridgehead atoms. The van der Waals surface area contributed by atoms with E-state index in [9.17, 15) is 5.11 Å². The standard InChI is InChI=1S/C12H28N2O2S/c1-5-14(6-2)8-11(16)7-13-10(3)12(9-15)17-4/h10-13,15-16H,5-9H2,1-4H3. The van der Waals surface area contributed by atoms with Crippen molar-refractivity contribution in [2.45, 2.75) is 38.2 Å². The third-order valence-corrected chi connectivity index (χ3v) is 4.24. The Labute approximate surface area is 110 Å². The molecule has 0 aromatic heterocycles. The van der Waals surface area contributed by atoms with Gasteiger partial charge in [0.25, 0.3) is 0 Å². The molecule has 0 aromatic carbocycles. The Bertz CT molecular complexity index is 176. The molecule has 0 aliphatic carbocycles. The molecule has 4 nitrogen and oxygen atoms in total. The van der Waals surface area contributed by atoms with Crippen LogP contribution in [0, 0.1) is 0 Å². The number of hydrogen-bond acceptors (Lipinski definition) is 5. The SMILES string of the molecule is CCN(CC)CC(O)CNC(C)C(CO)SC. The summed E-state index contributed by atoms with van der Waals surface area (Å²) in [6.07, 6.45) is 1.64. The maximum absolute atomic E-state index is 9.88. The molecule has 104 valence electrons. The first-order valence-corrected chi connectivity index (χ1v) is 7.65. The van der Waals surface area contributed by atoms with Crippen LogP contribution in [0.2, 0.25) is 0 Å². The molecule has 3 unspecified atom stereocenters. The number of aliphatic hydroxyl groups is 2. The summed E-state index contributed by atoms with van der Waals surface area (Å²) in [6.45, 7) is 9.62. The monoisotopic (exact) mass is 264 g/mol. The zero-order valence-corrected chi connectivity index (χ0v) is 12.3. The van der Waals surface area contributed by atoms with Gasteiger partial charge in [-0.05, 0) is 26.3 Å². The molecular formula is C12H28N2O2S. The molecule has 0 amide bonds. The number of hydrogen-bond donors (Lipinski definition) is 3. The lowest BCUT2D eigenvalue weighted by Crippen LogP contribution is -2.44. The first kappa shape index (κ1) is 17.2. The minimum atomic E-state index is -0.349. The van der Waals surface area contributed by atoms with Gasteiger partial charge in [-0.2, -0.15) is 11.8 Å².